The van der Waals surface area contributed by atoms with Gasteiger partial charge in [-0.05, 0) is 68.1 Å². The molecule has 0 aliphatic carbocycles. The fourth-order valence-corrected chi connectivity index (χ4v) is 3.64. The first-order valence-electron chi connectivity index (χ1n) is 9.37. The van der Waals surface area contributed by atoms with E-state index < -0.39 is 0 Å². The molecule has 0 saturated heterocycles. The summed E-state index contributed by atoms with van der Waals surface area (Å²) in [6.45, 7) is 8.34. The van der Waals surface area contributed by atoms with E-state index in [9.17, 15) is 4.79 Å². The summed E-state index contributed by atoms with van der Waals surface area (Å²) in [6, 6.07) is 13.8. The summed E-state index contributed by atoms with van der Waals surface area (Å²) in [5.74, 6) is 0.982. The number of aryl methyl sites for hydroxylation is 1. The van der Waals surface area contributed by atoms with Crippen LogP contribution in [0.2, 0.25) is 0 Å². The van der Waals surface area contributed by atoms with Gasteiger partial charge >= 0.3 is 0 Å². The smallest absolute Gasteiger partial charge is 0.230 e. The highest BCUT2D eigenvalue weighted by molar-refractivity contribution is 7.10. The second-order valence-corrected chi connectivity index (χ2v) is 7.44. The molecule has 0 aliphatic rings. The second-order valence-electron chi connectivity index (χ2n) is 6.40. The van der Waals surface area contributed by atoms with E-state index in [1.807, 2.05) is 23.6 Å². The SMILES string of the molecule is CCN(CC)c1ccc(Nc2ccc(NC(=O)Cc3cccs3)nn2)c(C)c1. The highest BCUT2D eigenvalue weighted by atomic mass is 32.1. The Labute approximate surface area is 169 Å². The fraction of sp³-hybridized carbons (Fsp3) is 0.286. The standard InChI is InChI=1S/C21H25N5OS/c1-4-26(5-2)16-8-9-18(15(3)13-16)22-19-10-11-20(25-24-19)23-21(27)14-17-7-6-12-28-17/h6-13H,4-5,14H2,1-3H3,(H,22,24)(H,23,25,27). The minimum absolute atomic E-state index is 0.0969. The Balaban J connectivity index is 1.61. The molecule has 1 aromatic carbocycles. The molecule has 0 atom stereocenters. The Morgan fingerprint density at radius 2 is 1.82 bits per heavy atom. The Bertz CT molecular complexity index is 905. The first-order valence-corrected chi connectivity index (χ1v) is 10.3. The molecule has 28 heavy (non-hydrogen) atoms. The molecule has 6 nitrogen and oxygen atoms in total. The Morgan fingerprint density at radius 1 is 1.07 bits per heavy atom. The van der Waals surface area contributed by atoms with Gasteiger partial charge in [0, 0.05) is 29.3 Å². The molecule has 0 aliphatic heterocycles. The lowest BCUT2D eigenvalue weighted by molar-refractivity contribution is -0.115. The van der Waals surface area contributed by atoms with Crippen LogP contribution in [0.5, 0.6) is 0 Å². The van der Waals surface area contributed by atoms with Crippen LogP contribution in [0.4, 0.5) is 23.0 Å². The minimum atomic E-state index is -0.0969. The zero-order chi connectivity index (χ0) is 19.9. The monoisotopic (exact) mass is 395 g/mol. The number of carbonyl (C=O) groups is 1. The van der Waals surface area contributed by atoms with Crippen LogP contribution in [0.3, 0.4) is 0 Å². The first kappa shape index (κ1) is 19.8. The molecule has 0 saturated carbocycles. The summed E-state index contributed by atoms with van der Waals surface area (Å²) in [5.41, 5.74) is 3.34. The average molecular weight is 396 g/mol. The summed E-state index contributed by atoms with van der Waals surface area (Å²) in [6.07, 6.45) is 0.345. The van der Waals surface area contributed by atoms with Gasteiger partial charge in [0.25, 0.3) is 0 Å². The van der Waals surface area contributed by atoms with Gasteiger partial charge < -0.3 is 15.5 Å². The Hall–Kier alpha value is -2.93. The van der Waals surface area contributed by atoms with E-state index >= 15 is 0 Å². The number of nitrogens with one attached hydrogen (secondary N) is 2. The summed E-state index contributed by atoms with van der Waals surface area (Å²) in [7, 11) is 0. The van der Waals surface area contributed by atoms with Crippen molar-refractivity contribution in [3.63, 3.8) is 0 Å². The summed E-state index contributed by atoms with van der Waals surface area (Å²) >= 11 is 1.56. The molecule has 0 fully saturated rings. The van der Waals surface area contributed by atoms with Gasteiger partial charge in [-0.2, -0.15) is 0 Å². The number of anilines is 4. The van der Waals surface area contributed by atoms with Crippen molar-refractivity contribution in [2.75, 3.05) is 28.6 Å². The molecule has 2 heterocycles. The highest BCUT2D eigenvalue weighted by Crippen LogP contribution is 2.25. The van der Waals surface area contributed by atoms with Gasteiger partial charge in [0.1, 0.15) is 0 Å². The van der Waals surface area contributed by atoms with Crippen LogP contribution in [0.15, 0.2) is 47.8 Å². The van der Waals surface area contributed by atoms with Crippen LogP contribution in [0, 0.1) is 6.92 Å². The van der Waals surface area contributed by atoms with E-state index in [1.165, 1.54) is 5.69 Å². The summed E-state index contributed by atoms with van der Waals surface area (Å²) in [5, 5.41) is 16.3. The van der Waals surface area contributed by atoms with Crippen LogP contribution >= 0.6 is 11.3 Å². The van der Waals surface area contributed by atoms with Gasteiger partial charge in [-0.25, -0.2) is 0 Å². The largest absolute Gasteiger partial charge is 0.372 e. The number of benzene rings is 1. The molecule has 2 N–H and O–H groups in total. The van der Waals surface area contributed by atoms with Crippen LogP contribution < -0.4 is 15.5 Å². The summed E-state index contributed by atoms with van der Waals surface area (Å²) in [4.78, 5) is 15.4. The summed E-state index contributed by atoms with van der Waals surface area (Å²) < 4.78 is 0. The van der Waals surface area contributed by atoms with E-state index in [-0.39, 0.29) is 5.91 Å². The lowest BCUT2D eigenvalue weighted by Gasteiger charge is -2.22. The van der Waals surface area contributed by atoms with Gasteiger partial charge in [0.15, 0.2) is 11.6 Å². The van der Waals surface area contributed by atoms with Crippen molar-refractivity contribution in [2.24, 2.45) is 0 Å². The fourth-order valence-electron chi connectivity index (χ4n) is 2.94. The van der Waals surface area contributed by atoms with Crippen molar-refractivity contribution in [1.82, 2.24) is 10.2 Å². The number of hydrogen-bond acceptors (Lipinski definition) is 6. The average Bonchev–Trinajstić information content (AvgIpc) is 3.19. The number of nitrogens with zero attached hydrogens (tertiary/aromatic N) is 3. The predicted octanol–water partition coefficient (Wildman–Crippen LogP) is 4.62. The molecule has 0 unspecified atom stereocenters. The van der Waals surface area contributed by atoms with Crippen LogP contribution in [0.1, 0.15) is 24.3 Å². The van der Waals surface area contributed by atoms with Gasteiger partial charge in [-0.3, -0.25) is 4.79 Å². The van der Waals surface area contributed by atoms with Crippen molar-refractivity contribution in [3.8, 4) is 0 Å². The van der Waals surface area contributed by atoms with E-state index in [1.54, 1.807) is 17.4 Å². The lowest BCUT2D eigenvalue weighted by Crippen LogP contribution is -2.21. The van der Waals surface area contributed by atoms with Gasteiger partial charge in [0.05, 0.1) is 6.42 Å². The number of aromatic nitrogens is 2. The molecule has 0 spiro atoms. The lowest BCUT2D eigenvalue weighted by atomic mass is 10.1. The van der Waals surface area contributed by atoms with Crippen LogP contribution in [0.25, 0.3) is 0 Å². The number of carbonyl (C=O) groups excluding carboxylic acids is 1. The van der Waals surface area contributed by atoms with E-state index in [2.05, 4.69) is 64.7 Å². The quantitative estimate of drug-likeness (QED) is 0.582. The van der Waals surface area contributed by atoms with Crippen LogP contribution in [-0.4, -0.2) is 29.2 Å². The number of thiophene rings is 1. The van der Waals surface area contributed by atoms with Crippen molar-refractivity contribution >= 4 is 40.3 Å². The first-order chi connectivity index (χ1) is 13.6. The maximum absolute atomic E-state index is 12.0. The molecule has 0 bridgehead atoms. The zero-order valence-corrected chi connectivity index (χ0v) is 17.2. The van der Waals surface area contributed by atoms with Crippen molar-refractivity contribution < 1.29 is 4.79 Å². The highest BCUT2D eigenvalue weighted by Gasteiger charge is 2.08. The topological polar surface area (TPSA) is 70.2 Å². The Kier molecular flexibility index (Phi) is 6.60. The number of amides is 1. The maximum atomic E-state index is 12.0. The minimum Gasteiger partial charge on any atom is -0.372 e. The van der Waals surface area contributed by atoms with Gasteiger partial charge in [0.2, 0.25) is 5.91 Å². The molecule has 2 aromatic heterocycles. The van der Waals surface area contributed by atoms with Gasteiger partial charge in [-0.1, -0.05) is 6.07 Å². The third-order valence-electron chi connectivity index (χ3n) is 4.45. The molecule has 7 heteroatoms. The molecule has 146 valence electrons. The van der Waals surface area contributed by atoms with Crippen LogP contribution in [-0.2, 0) is 11.2 Å². The van der Waals surface area contributed by atoms with E-state index in [4.69, 9.17) is 0 Å². The number of hydrogen-bond donors (Lipinski definition) is 2. The zero-order valence-electron chi connectivity index (χ0n) is 16.4. The predicted molar refractivity (Wildman–Crippen MR) is 117 cm³/mol. The normalized spacial score (nSPS) is 10.5. The van der Waals surface area contributed by atoms with E-state index in [0.717, 1.165) is 29.2 Å². The maximum Gasteiger partial charge on any atom is 0.230 e. The third-order valence-corrected chi connectivity index (χ3v) is 5.32. The van der Waals surface area contributed by atoms with Gasteiger partial charge in [-0.15, -0.1) is 21.5 Å². The number of rotatable bonds is 8. The van der Waals surface area contributed by atoms with Crippen molar-refractivity contribution in [3.05, 3.63) is 58.3 Å². The van der Waals surface area contributed by atoms with Crippen molar-refractivity contribution in [1.29, 1.82) is 0 Å². The molecular weight excluding hydrogens is 370 g/mol. The van der Waals surface area contributed by atoms with Crippen molar-refractivity contribution in [2.45, 2.75) is 27.2 Å². The molecule has 1 amide bonds. The Morgan fingerprint density at radius 3 is 2.43 bits per heavy atom. The molecular formula is C21H25N5OS. The molecule has 3 rings (SSSR count). The van der Waals surface area contributed by atoms with E-state index in [0.29, 0.717) is 18.1 Å². The second kappa shape index (κ2) is 9.32. The molecule has 0 radical (unpaired) electrons. The third kappa shape index (κ3) is 5.07. The molecule has 3 aromatic rings.